The van der Waals surface area contributed by atoms with Gasteiger partial charge in [0.15, 0.2) is 0 Å². The molecule has 0 unspecified atom stereocenters. The molecule has 0 atom stereocenters. The molecule has 0 radical (unpaired) electrons. The zero-order valence-corrected chi connectivity index (χ0v) is 9.25. The van der Waals surface area contributed by atoms with Crippen LogP contribution in [-0.4, -0.2) is 19.8 Å². The maximum Gasteiger partial charge on any atom is 0.407 e. The molecule has 0 bridgehead atoms. The van der Waals surface area contributed by atoms with Crippen molar-refractivity contribution in [3.63, 3.8) is 0 Å². The Hall–Kier alpha value is -1.78. The number of carbonyl (C=O) groups is 1. The number of alkyl carbamates (subject to hydrolysis) is 1. The van der Waals surface area contributed by atoms with Crippen molar-refractivity contribution in [2.45, 2.75) is 13.5 Å². The average molecular weight is 227 g/mol. The van der Waals surface area contributed by atoms with Crippen LogP contribution in [0.2, 0.25) is 0 Å². The van der Waals surface area contributed by atoms with Crippen LogP contribution in [0.3, 0.4) is 0 Å². The maximum atomic E-state index is 13.0. The largest absolute Gasteiger partial charge is 0.496 e. The van der Waals surface area contributed by atoms with Crippen molar-refractivity contribution >= 4 is 6.09 Å². The molecular weight excluding hydrogens is 213 g/mol. The molecule has 0 saturated heterocycles. The van der Waals surface area contributed by atoms with Crippen molar-refractivity contribution in [1.29, 1.82) is 0 Å². The number of hydrogen-bond acceptors (Lipinski definition) is 3. The van der Waals surface area contributed by atoms with Crippen LogP contribution in [0, 0.1) is 5.82 Å². The molecule has 16 heavy (non-hydrogen) atoms. The highest BCUT2D eigenvalue weighted by atomic mass is 19.1. The van der Waals surface area contributed by atoms with E-state index < -0.39 is 6.09 Å². The third-order valence-corrected chi connectivity index (χ3v) is 1.94. The fourth-order valence-electron chi connectivity index (χ4n) is 1.23. The van der Waals surface area contributed by atoms with E-state index in [4.69, 9.17) is 4.74 Å². The monoisotopic (exact) mass is 227 g/mol. The summed E-state index contributed by atoms with van der Waals surface area (Å²) >= 11 is 0. The third-order valence-electron chi connectivity index (χ3n) is 1.94. The van der Waals surface area contributed by atoms with Gasteiger partial charge in [0, 0.05) is 12.1 Å². The number of methoxy groups -OCH3 is 1. The number of benzene rings is 1. The van der Waals surface area contributed by atoms with E-state index in [9.17, 15) is 9.18 Å². The molecule has 0 aromatic heterocycles. The summed E-state index contributed by atoms with van der Waals surface area (Å²) in [6, 6.07) is 4.12. The summed E-state index contributed by atoms with van der Waals surface area (Å²) in [7, 11) is 1.49. The minimum atomic E-state index is -0.534. The Morgan fingerprint density at radius 2 is 2.25 bits per heavy atom. The molecule has 4 nitrogen and oxygen atoms in total. The van der Waals surface area contributed by atoms with Gasteiger partial charge in [-0.15, -0.1) is 0 Å². The third kappa shape index (κ3) is 3.42. The van der Waals surface area contributed by atoms with E-state index in [0.717, 1.165) is 0 Å². The molecule has 5 heteroatoms. The quantitative estimate of drug-likeness (QED) is 0.856. The normalized spacial score (nSPS) is 9.69. The lowest BCUT2D eigenvalue weighted by Crippen LogP contribution is -2.23. The molecule has 0 aliphatic rings. The molecule has 1 aromatic carbocycles. The van der Waals surface area contributed by atoms with Crippen molar-refractivity contribution in [1.82, 2.24) is 5.32 Å². The summed E-state index contributed by atoms with van der Waals surface area (Å²) in [5, 5.41) is 2.49. The average Bonchev–Trinajstić information content (AvgIpc) is 2.27. The van der Waals surface area contributed by atoms with Crippen molar-refractivity contribution < 1.29 is 18.7 Å². The second-order valence-corrected chi connectivity index (χ2v) is 3.03. The van der Waals surface area contributed by atoms with Gasteiger partial charge in [0.05, 0.1) is 13.7 Å². The van der Waals surface area contributed by atoms with Gasteiger partial charge < -0.3 is 14.8 Å². The minimum Gasteiger partial charge on any atom is -0.496 e. The molecule has 88 valence electrons. The predicted molar refractivity (Wildman–Crippen MR) is 56.8 cm³/mol. The summed E-state index contributed by atoms with van der Waals surface area (Å²) in [6.45, 7) is 2.17. The van der Waals surface area contributed by atoms with Gasteiger partial charge in [0.1, 0.15) is 11.6 Å². The van der Waals surface area contributed by atoms with Gasteiger partial charge in [-0.3, -0.25) is 0 Å². The Balaban J connectivity index is 2.65. The second-order valence-electron chi connectivity index (χ2n) is 3.03. The molecule has 0 spiro atoms. The summed E-state index contributed by atoms with van der Waals surface area (Å²) in [5.41, 5.74) is 0.565. The first-order chi connectivity index (χ1) is 7.67. The number of hydrogen-bond donors (Lipinski definition) is 1. The van der Waals surface area contributed by atoms with E-state index in [0.29, 0.717) is 17.9 Å². The van der Waals surface area contributed by atoms with Crippen LogP contribution in [0.4, 0.5) is 9.18 Å². The lowest BCUT2D eigenvalue weighted by atomic mass is 10.2. The molecule has 1 rings (SSSR count). The van der Waals surface area contributed by atoms with Gasteiger partial charge in [0.25, 0.3) is 0 Å². The topological polar surface area (TPSA) is 47.6 Å². The van der Waals surface area contributed by atoms with E-state index >= 15 is 0 Å². The zero-order chi connectivity index (χ0) is 12.0. The molecule has 0 aliphatic carbocycles. The first kappa shape index (κ1) is 12.3. The molecule has 0 heterocycles. The Morgan fingerprint density at radius 3 is 2.88 bits per heavy atom. The number of carbonyl (C=O) groups excluding carboxylic acids is 1. The lowest BCUT2D eigenvalue weighted by molar-refractivity contribution is 0.151. The van der Waals surface area contributed by atoms with Crippen molar-refractivity contribution in [2.24, 2.45) is 0 Å². The van der Waals surface area contributed by atoms with Crippen molar-refractivity contribution in [3.05, 3.63) is 29.6 Å². The minimum absolute atomic E-state index is 0.166. The highest BCUT2D eigenvalue weighted by Crippen LogP contribution is 2.18. The Morgan fingerprint density at radius 1 is 1.50 bits per heavy atom. The van der Waals surface area contributed by atoms with Crippen LogP contribution in [0.5, 0.6) is 5.75 Å². The molecule has 0 aliphatic heterocycles. The van der Waals surface area contributed by atoms with Gasteiger partial charge in [0.2, 0.25) is 0 Å². The first-order valence-corrected chi connectivity index (χ1v) is 4.90. The number of ether oxygens (including phenoxy) is 2. The van der Waals surface area contributed by atoms with Crippen LogP contribution in [-0.2, 0) is 11.3 Å². The smallest absolute Gasteiger partial charge is 0.407 e. The number of halogens is 1. The van der Waals surface area contributed by atoms with Crippen LogP contribution < -0.4 is 10.1 Å². The van der Waals surface area contributed by atoms with Crippen LogP contribution >= 0.6 is 0 Å². The van der Waals surface area contributed by atoms with Crippen LogP contribution in [0.15, 0.2) is 18.2 Å². The summed E-state index contributed by atoms with van der Waals surface area (Å²) < 4.78 is 22.7. The summed E-state index contributed by atoms with van der Waals surface area (Å²) in [4.78, 5) is 11.0. The van der Waals surface area contributed by atoms with Gasteiger partial charge >= 0.3 is 6.09 Å². The summed E-state index contributed by atoms with van der Waals surface area (Å²) in [5.74, 6) is 0.152. The van der Waals surface area contributed by atoms with E-state index in [2.05, 4.69) is 10.1 Å². The van der Waals surface area contributed by atoms with Crippen LogP contribution in [0.1, 0.15) is 12.5 Å². The van der Waals surface area contributed by atoms with Gasteiger partial charge in [-0.25, -0.2) is 9.18 Å². The number of rotatable bonds is 4. The van der Waals surface area contributed by atoms with E-state index in [1.807, 2.05) is 0 Å². The molecule has 0 fully saturated rings. The standard InChI is InChI=1S/C11H14FNO3/c1-3-16-11(14)13-7-8-6-9(12)4-5-10(8)15-2/h4-6H,3,7H2,1-2H3,(H,13,14). The maximum absolute atomic E-state index is 13.0. The van der Waals surface area contributed by atoms with Gasteiger partial charge in [-0.1, -0.05) is 0 Å². The van der Waals surface area contributed by atoms with E-state index in [1.165, 1.54) is 25.3 Å². The second kappa shape index (κ2) is 5.95. The Kier molecular flexibility index (Phi) is 4.57. The SMILES string of the molecule is CCOC(=O)NCc1cc(F)ccc1OC. The van der Waals surface area contributed by atoms with Gasteiger partial charge in [-0.2, -0.15) is 0 Å². The molecule has 0 saturated carbocycles. The zero-order valence-electron chi connectivity index (χ0n) is 9.25. The molecule has 1 aromatic rings. The highest BCUT2D eigenvalue weighted by molar-refractivity contribution is 5.67. The van der Waals surface area contributed by atoms with E-state index in [-0.39, 0.29) is 12.4 Å². The van der Waals surface area contributed by atoms with Crippen LogP contribution in [0.25, 0.3) is 0 Å². The van der Waals surface area contributed by atoms with E-state index in [1.54, 1.807) is 6.92 Å². The number of nitrogens with one attached hydrogen (secondary N) is 1. The Bertz CT molecular complexity index is 368. The molecule has 1 N–H and O–H groups in total. The first-order valence-electron chi connectivity index (χ1n) is 4.90. The molecule has 1 amide bonds. The fourth-order valence-corrected chi connectivity index (χ4v) is 1.23. The molecular formula is C11H14FNO3. The summed E-state index contributed by atoms with van der Waals surface area (Å²) in [6.07, 6.45) is -0.534. The number of amides is 1. The fraction of sp³-hybridized carbons (Fsp3) is 0.364. The Labute approximate surface area is 93.4 Å². The lowest BCUT2D eigenvalue weighted by Gasteiger charge is -2.09. The highest BCUT2D eigenvalue weighted by Gasteiger charge is 2.06. The van der Waals surface area contributed by atoms with Crippen molar-refractivity contribution in [3.8, 4) is 5.75 Å². The van der Waals surface area contributed by atoms with Crippen molar-refractivity contribution in [2.75, 3.05) is 13.7 Å². The van der Waals surface area contributed by atoms with Gasteiger partial charge in [-0.05, 0) is 25.1 Å². The predicted octanol–water partition coefficient (Wildman–Crippen LogP) is 2.08.